The molecule has 0 aliphatic rings. The summed E-state index contributed by atoms with van der Waals surface area (Å²) in [6.45, 7) is 6.40. The van der Waals surface area contributed by atoms with Gasteiger partial charge in [-0.15, -0.1) is 0 Å². The van der Waals surface area contributed by atoms with Crippen LogP contribution in [0.4, 0.5) is 0 Å². The van der Waals surface area contributed by atoms with Crippen LogP contribution in [-0.2, 0) is 28.6 Å². The van der Waals surface area contributed by atoms with Crippen LogP contribution in [0.25, 0.3) is 0 Å². The maximum Gasteiger partial charge on any atom is 0.310 e. The minimum absolute atomic E-state index is 0.0966. The van der Waals surface area contributed by atoms with Gasteiger partial charge >= 0.3 is 17.9 Å². The summed E-state index contributed by atoms with van der Waals surface area (Å²) in [5.74, 6) is -1.06. The number of hydrogen-bond donors (Lipinski definition) is 0. The monoisotopic (exact) mass is 809 g/mol. The molecule has 0 heterocycles. The van der Waals surface area contributed by atoms with E-state index in [1.165, 1.54) is 96.3 Å². The maximum atomic E-state index is 12.7. The van der Waals surface area contributed by atoms with Crippen LogP contribution in [0.3, 0.4) is 0 Å². The first-order chi connectivity index (χ1) is 28.5. The zero-order chi connectivity index (χ0) is 42.3. The van der Waals surface area contributed by atoms with Crippen molar-refractivity contribution in [1.29, 1.82) is 0 Å². The molecule has 0 spiro atoms. The van der Waals surface area contributed by atoms with Crippen molar-refractivity contribution in [1.82, 2.24) is 0 Å². The molecule has 1 unspecified atom stereocenters. The molecule has 0 aromatic carbocycles. The Kier molecular flexibility index (Phi) is 44.0. The molecule has 0 N–H and O–H groups in total. The van der Waals surface area contributed by atoms with Gasteiger partial charge in [-0.05, 0) is 70.6 Å². The molecule has 0 aromatic rings. The van der Waals surface area contributed by atoms with E-state index in [9.17, 15) is 14.4 Å². The molecular formula is C52H88O6. The first kappa shape index (κ1) is 54.9. The van der Waals surface area contributed by atoms with Crippen molar-refractivity contribution in [2.75, 3.05) is 13.2 Å². The molecule has 1 atom stereocenters. The Labute approximate surface area is 357 Å². The van der Waals surface area contributed by atoms with Crippen molar-refractivity contribution >= 4 is 17.9 Å². The van der Waals surface area contributed by atoms with Gasteiger partial charge in [0.15, 0.2) is 6.10 Å². The summed E-state index contributed by atoms with van der Waals surface area (Å²) in [5.41, 5.74) is 0. The standard InChI is InChI=1S/C52H88O6/c1-4-7-10-13-16-19-21-23-25-27-28-30-33-36-39-42-45-51(54)57-48-49(47-56-50(53)44-41-38-35-32-18-15-12-9-6-3)58-52(55)46-43-40-37-34-31-29-26-24-22-20-17-14-11-8-5-2/h8,11,17,20,24-27,31,34,40,43,49H,4-7,9-10,12-16,18-19,21-23,28-30,32-33,35-39,41-42,44-48H2,1-3H3/b11-8-,20-17-,26-24-,27-25-,34-31-,43-40-. The maximum absolute atomic E-state index is 12.7. The van der Waals surface area contributed by atoms with Gasteiger partial charge in [0.25, 0.3) is 0 Å². The van der Waals surface area contributed by atoms with E-state index in [0.717, 1.165) is 83.5 Å². The summed E-state index contributed by atoms with van der Waals surface area (Å²) >= 11 is 0. The minimum Gasteiger partial charge on any atom is -0.462 e. The molecule has 0 aliphatic carbocycles. The fraction of sp³-hybridized carbons (Fsp3) is 0.712. The number of carbonyl (C=O) groups excluding carboxylic acids is 3. The van der Waals surface area contributed by atoms with E-state index in [2.05, 4.69) is 81.5 Å². The first-order valence-electron chi connectivity index (χ1n) is 23.9. The zero-order valence-corrected chi connectivity index (χ0v) is 37.8. The molecule has 0 bridgehead atoms. The molecule has 0 saturated carbocycles. The van der Waals surface area contributed by atoms with Gasteiger partial charge in [0.2, 0.25) is 0 Å². The van der Waals surface area contributed by atoms with Gasteiger partial charge in [-0.2, -0.15) is 0 Å². The lowest BCUT2D eigenvalue weighted by molar-refractivity contribution is -0.166. The fourth-order valence-electron chi connectivity index (χ4n) is 6.39. The highest BCUT2D eigenvalue weighted by Gasteiger charge is 2.19. The van der Waals surface area contributed by atoms with Gasteiger partial charge in [-0.25, -0.2) is 0 Å². The van der Waals surface area contributed by atoms with Crippen LogP contribution in [0.5, 0.6) is 0 Å². The largest absolute Gasteiger partial charge is 0.462 e. The molecule has 0 aliphatic heterocycles. The third-order valence-electron chi connectivity index (χ3n) is 9.98. The smallest absolute Gasteiger partial charge is 0.310 e. The Balaban J connectivity index is 4.48. The summed E-state index contributed by atoms with van der Waals surface area (Å²) in [7, 11) is 0. The van der Waals surface area contributed by atoms with Crippen LogP contribution < -0.4 is 0 Å². The molecule has 58 heavy (non-hydrogen) atoms. The predicted molar refractivity (Wildman–Crippen MR) is 247 cm³/mol. The fourth-order valence-corrected chi connectivity index (χ4v) is 6.39. The number of hydrogen-bond acceptors (Lipinski definition) is 6. The van der Waals surface area contributed by atoms with E-state index in [0.29, 0.717) is 12.8 Å². The van der Waals surface area contributed by atoms with E-state index in [4.69, 9.17) is 14.2 Å². The third-order valence-corrected chi connectivity index (χ3v) is 9.98. The van der Waals surface area contributed by atoms with E-state index in [1.54, 1.807) is 6.08 Å². The summed E-state index contributed by atoms with van der Waals surface area (Å²) in [6.07, 6.45) is 57.7. The first-order valence-corrected chi connectivity index (χ1v) is 23.9. The molecule has 0 amide bonds. The summed E-state index contributed by atoms with van der Waals surface area (Å²) in [6, 6.07) is 0. The van der Waals surface area contributed by atoms with Gasteiger partial charge in [-0.1, -0.05) is 203 Å². The Morgan fingerprint density at radius 3 is 1.12 bits per heavy atom. The van der Waals surface area contributed by atoms with Crippen molar-refractivity contribution in [3.63, 3.8) is 0 Å². The summed E-state index contributed by atoms with van der Waals surface area (Å²) in [4.78, 5) is 37.7. The lowest BCUT2D eigenvalue weighted by Gasteiger charge is -2.18. The average Bonchev–Trinajstić information content (AvgIpc) is 3.22. The van der Waals surface area contributed by atoms with E-state index in [1.807, 2.05) is 6.08 Å². The van der Waals surface area contributed by atoms with Crippen LogP contribution in [0.2, 0.25) is 0 Å². The number of esters is 3. The SMILES string of the molecule is CC/C=C\C/C=C\C/C=C\C/C=C\C/C=C\CC(=O)OC(COC(=O)CCCCCCC/C=C\CCCCCCCCC)COC(=O)CCCCCCCCCCC. The van der Waals surface area contributed by atoms with Crippen molar-refractivity contribution in [3.05, 3.63) is 72.9 Å². The quantitative estimate of drug-likeness (QED) is 0.0264. The number of allylic oxidation sites excluding steroid dienone is 11. The molecule has 332 valence electrons. The van der Waals surface area contributed by atoms with Crippen LogP contribution in [0.1, 0.15) is 220 Å². The van der Waals surface area contributed by atoms with Gasteiger partial charge in [0, 0.05) is 12.8 Å². The topological polar surface area (TPSA) is 78.9 Å². The highest BCUT2D eigenvalue weighted by Crippen LogP contribution is 2.13. The molecule has 6 heteroatoms. The number of ether oxygens (including phenoxy) is 3. The van der Waals surface area contributed by atoms with E-state index < -0.39 is 12.1 Å². The Hall–Kier alpha value is -3.15. The predicted octanol–water partition coefficient (Wildman–Crippen LogP) is 15.5. The number of rotatable bonds is 42. The molecule has 0 rings (SSSR count). The third kappa shape index (κ3) is 44.0. The lowest BCUT2D eigenvalue weighted by Crippen LogP contribution is -2.30. The van der Waals surface area contributed by atoms with E-state index >= 15 is 0 Å². The second kappa shape index (κ2) is 46.5. The van der Waals surface area contributed by atoms with Gasteiger partial charge in [0.1, 0.15) is 13.2 Å². The molecule has 0 radical (unpaired) electrons. The summed E-state index contributed by atoms with van der Waals surface area (Å²) in [5, 5.41) is 0. The number of unbranched alkanes of at least 4 members (excludes halogenated alkanes) is 20. The highest BCUT2D eigenvalue weighted by molar-refractivity contribution is 5.72. The highest BCUT2D eigenvalue weighted by atomic mass is 16.6. The van der Waals surface area contributed by atoms with Crippen molar-refractivity contribution in [2.45, 2.75) is 226 Å². The van der Waals surface area contributed by atoms with Crippen molar-refractivity contribution < 1.29 is 28.6 Å². The normalized spacial score (nSPS) is 12.7. The van der Waals surface area contributed by atoms with Crippen LogP contribution in [0.15, 0.2) is 72.9 Å². The molecule has 0 aromatic heterocycles. The van der Waals surface area contributed by atoms with Crippen molar-refractivity contribution in [2.24, 2.45) is 0 Å². The second-order valence-electron chi connectivity index (χ2n) is 15.7. The lowest BCUT2D eigenvalue weighted by atomic mass is 10.1. The van der Waals surface area contributed by atoms with Crippen LogP contribution in [-0.4, -0.2) is 37.2 Å². The molecule has 6 nitrogen and oxygen atoms in total. The zero-order valence-electron chi connectivity index (χ0n) is 37.8. The average molecular weight is 809 g/mol. The Morgan fingerprint density at radius 2 is 0.724 bits per heavy atom. The van der Waals surface area contributed by atoms with Crippen LogP contribution >= 0.6 is 0 Å². The van der Waals surface area contributed by atoms with Gasteiger partial charge in [-0.3, -0.25) is 14.4 Å². The Morgan fingerprint density at radius 1 is 0.379 bits per heavy atom. The molecule has 0 saturated heterocycles. The van der Waals surface area contributed by atoms with E-state index in [-0.39, 0.29) is 31.6 Å². The molecule has 0 fully saturated rings. The van der Waals surface area contributed by atoms with Gasteiger partial charge < -0.3 is 14.2 Å². The summed E-state index contributed by atoms with van der Waals surface area (Å²) < 4.78 is 16.6. The molecular weight excluding hydrogens is 721 g/mol. The second-order valence-corrected chi connectivity index (χ2v) is 15.7. The van der Waals surface area contributed by atoms with Gasteiger partial charge in [0.05, 0.1) is 6.42 Å². The Bertz CT molecular complexity index is 1110. The van der Waals surface area contributed by atoms with Crippen molar-refractivity contribution in [3.8, 4) is 0 Å². The minimum atomic E-state index is -0.829. The van der Waals surface area contributed by atoms with Crippen LogP contribution in [0, 0.1) is 0 Å². The number of carbonyl (C=O) groups is 3.